The van der Waals surface area contributed by atoms with E-state index in [0.717, 1.165) is 30.5 Å². The van der Waals surface area contributed by atoms with Crippen LogP contribution in [0.5, 0.6) is 0 Å². The monoisotopic (exact) mass is 302 g/mol. The Morgan fingerprint density at radius 2 is 1.36 bits per heavy atom. The Bertz CT molecular complexity index is 665. The van der Waals surface area contributed by atoms with Gasteiger partial charge in [0.25, 0.3) is 0 Å². The summed E-state index contributed by atoms with van der Waals surface area (Å²) in [7, 11) is 0. The Balaban J connectivity index is 2.19. The fraction of sp³-hybridized carbons (Fsp3) is 0.158. The summed E-state index contributed by atoms with van der Waals surface area (Å²) >= 11 is 0. The molecule has 0 nitrogen and oxygen atoms in total. The van der Waals surface area contributed by atoms with Crippen molar-refractivity contribution in [2.75, 3.05) is 0 Å². The van der Waals surface area contributed by atoms with Crippen LogP contribution in [-0.2, 0) is 6.42 Å². The first-order chi connectivity index (χ1) is 10.6. The second-order valence-electron chi connectivity index (χ2n) is 4.94. The van der Waals surface area contributed by atoms with E-state index in [-0.39, 0.29) is 11.1 Å². The summed E-state index contributed by atoms with van der Waals surface area (Å²) in [6.45, 7) is 1.96. The molecule has 0 saturated carbocycles. The Hall–Kier alpha value is -2.29. The van der Waals surface area contributed by atoms with Gasteiger partial charge in [-0.2, -0.15) is 0 Å². The van der Waals surface area contributed by atoms with Gasteiger partial charge < -0.3 is 0 Å². The number of halogens is 3. The molecule has 0 unspecified atom stereocenters. The molecule has 0 saturated heterocycles. The first-order valence-corrected chi connectivity index (χ1v) is 7.13. The molecule has 0 heterocycles. The van der Waals surface area contributed by atoms with Crippen LogP contribution in [0.2, 0.25) is 0 Å². The molecule has 0 fully saturated rings. The number of allylic oxidation sites excluding steroid dienone is 2. The lowest BCUT2D eigenvalue weighted by atomic mass is 10.0. The Morgan fingerprint density at radius 1 is 0.864 bits per heavy atom. The zero-order valence-electron chi connectivity index (χ0n) is 12.3. The Kier molecular flexibility index (Phi) is 5.59. The second-order valence-corrected chi connectivity index (χ2v) is 4.94. The zero-order chi connectivity index (χ0) is 15.9. The fourth-order valence-electron chi connectivity index (χ4n) is 2.08. The topological polar surface area (TPSA) is 0 Å². The molecule has 0 radical (unpaired) electrons. The minimum absolute atomic E-state index is 0.0241. The first-order valence-electron chi connectivity index (χ1n) is 7.13. The number of aryl methyl sites for hydroxylation is 1. The van der Waals surface area contributed by atoms with E-state index in [1.807, 2.05) is 13.0 Å². The van der Waals surface area contributed by atoms with Crippen molar-refractivity contribution in [3.63, 3.8) is 0 Å². The van der Waals surface area contributed by atoms with Crippen molar-refractivity contribution in [3.8, 4) is 0 Å². The summed E-state index contributed by atoms with van der Waals surface area (Å²) in [6, 6.07) is 11.3. The highest BCUT2D eigenvalue weighted by atomic mass is 19.2. The predicted molar refractivity (Wildman–Crippen MR) is 85.0 cm³/mol. The molecule has 22 heavy (non-hydrogen) atoms. The summed E-state index contributed by atoms with van der Waals surface area (Å²) < 4.78 is 41.0. The molecule has 2 rings (SSSR count). The van der Waals surface area contributed by atoms with Gasteiger partial charge in [-0.05, 0) is 49.6 Å². The molecule has 0 spiro atoms. The van der Waals surface area contributed by atoms with Gasteiger partial charge in [0.2, 0.25) is 0 Å². The van der Waals surface area contributed by atoms with Crippen LogP contribution in [0.1, 0.15) is 30.0 Å². The summed E-state index contributed by atoms with van der Waals surface area (Å²) in [5.41, 5.74) is 1.27. The van der Waals surface area contributed by atoms with E-state index in [1.54, 1.807) is 24.3 Å². The molecule has 0 bridgehead atoms. The van der Waals surface area contributed by atoms with Gasteiger partial charge >= 0.3 is 0 Å². The molecule has 3 heteroatoms. The van der Waals surface area contributed by atoms with Crippen molar-refractivity contribution >= 4 is 11.7 Å². The normalized spacial score (nSPS) is 12.5. The summed E-state index contributed by atoms with van der Waals surface area (Å²) in [4.78, 5) is 0. The number of rotatable bonds is 5. The van der Waals surface area contributed by atoms with Crippen LogP contribution in [0.15, 0.2) is 60.7 Å². The SMILES string of the molecule is CC=CCCc1ccc(C(F)=C(F)c2ccc(F)cc2)cc1. The van der Waals surface area contributed by atoms with Gasteiger partial charge in [-0.1, -0.05) is 36.4 Å². The van der Waals surface area contributed by atoms with Crippen molar-refractivity contribution < 1.29 is 13.2 Å². The molecule has 0 aliphatic rings. The molecule has 0 N–H and O–H groups in total. The smallest absolute Gasteiger partial charge is 0.166 e. The largest absolute Gasteiger partial charge is 0.207 e. The molecule has 0 atom stereocenters. The minimum atomic E-state index is -0.985. The maximum Gasteiger partial charge on any atom is 0.166 e. The van der Waals surface area contributed by atoms with E-state index >= 15 is 0 Å². The third kappa shape index (κ3) is 4.10. The van der Waals surface area contributed by atoms with Gasteiger partial charge in [0, 0.05) is 11.1 Å². The average molecular weight is 302 g/mol. The molecule has 2 aromatic carbocycles. The van der Waals surface area contributed by atoms with Gasteiger partial charge in [0.1, 0.15) is 5.82 Å². The summed E-state index contributed by atoms with van der Waals surface area (Å²) in [6.07, 6.45) is 5.81. The fourth-order valence-corrected chi connectivity index (χ4v) is 2.08. The van der Waals surface area contributed by atoms with Crippen molar-refractivity contribution in [2.45, 2.75) is 19.8 Å². The maximum absolute atomic E-state index is 14.2. The molecule has 0 aliphatic heterocycles. The van der Waals surface area contributed by atoms with Gasteiger partial charge in [0.05, 0.1) is 0 Å². The molecule has 0 amide bonds. The van der Waals surface area contributed by atoms with Crippen molar-refractivity contribution in [2.24, 2.45) is 0 Å². The lowest BCUT2D eigenvalue weighted by Gasteiger charge is -2.04. The molecular formula is C19H17F3. The van der Waals surface area contributed by atoms with E-state index in [9.17, 15) is 13.2 Å². The third-order valence-electron chi connectivity index (χ3n) is 3.33. The van der Waals surface area contributed by atoms with Crippen LogP contribution < -0.4 is 0 Å². The van der Waals surface area contributed by atoms with Gasteiger partial charge in [-0.3, -0.25) is 0 Å². The van der Waals surface area contributed by atoms with E-state index in [4.69, 9.17) is 0 Å². The number of hydrogen-bond donors (Lipinski definition) is 0. The zero-order valence-corrected chi connectivity index (χ0v) is 12.3. The van der Waals surface area contributed by atoms with Crippen LogP contribution in [0.25, 0.3) is 11.7 Å². The molecule has 0 aliphatic carbocycles. The average Bonchev–Trinajstić information content (AvgIpc) is 2.55. The highest BCUT2D eigenvalue weighted by Crippen LogP contribution is 2.29. The van der Waals surface area contributed by atoms with Crippen molar-refractivity contribution in [1.82, 2.24) is 0 Å². The van der Waals surface area contributed by atoms with Crippen LogP contribution in [-0.4, -0.2) is 0 Å². The standard InChI is InChI=1S/C19H17F3/c1-2-3-4-5-14-6-8-15(9-7-14)18(21)19(22)16-10-12-17(20)13-11-16/h2-3,6-13H,4-5H2,1H3. The summed E-state index contributed by atoms with van der Waals surface area (Å²) in [5, 5.41) is 0. The van der Waals surface area contributed by atoms with Crippen LogP contribution >= 0.6 is 0 Å². The molecule has 2 aromatic rings. The summed E-state index contributed by atoms with van der Waals surface area (Å²) in [5.74, 6) is -2.41. The molecular weight excluding hydrogens is 285 g/mol. The number of benzene rings is 2. The molecule has 0 aromatic heterocycles. The van der Waals surface area contributed by atoms with Crippen LogP contribution in [0.4, 0.5) is 13.2 Å². The minimum Gasteiger partial charge on any atom is -0.207 e. The van der Waals surface area contributed by atoms with Crippen LogP contribution in [0.3, 0.4) is 0 Å². The highest BCUT2D eigenvalue weighted by molar-refractivity contribution is 5.83. The lowest BCUT2D eigenvalue weighted by Crippen LogP contribution is -1.87. The van der Waals surface area contributed by atoms with E-state index in [0.29, 0.717) is 0 Å². The predicted octanol–water partition coefficient (Wildman–Crippen LogP) is 6.10. The highest BCUT2D eigenvalue weighted by Gasteiger charge is 2.11. The quantitative estimate of drug-likeness (QED) is 0.462. The second kappa shape index (κ2) is 7.64. The van der Waals surface area contributed by atoms with Crippen LogP contribution in [0, 0.1) is 5.82 Å². The maximum atomic E-state index is 14.2. The van der Waals surface area contributed by atoms with Crippen molar-refractivity contribution in [1.29, 1.82) is 0 Å². The van der Waals surface area contributed by atoms with Crippen molar-refractivity contribution in [3.05, 3.63) is 83.2 Å². The number of hydrogen-bond acceptors (Lipinski definition) is 0. The van der Waals surface area contributed by atoms with E-state index in [2.05, 4.69) is 6.08 Å². The van der Waals surface area contributed by atoms with Gasteiger partial charge in [-0.15, -0.1) is 0 Å². The molecule has 114 valence electrons. The lowest BCUT2D eigenvalue weighted by molar-refractivity contribution is 0.627. The van der Waals surface area contributed by atoms with E-state index in [1.165, 1.54) is 12.1 Å². The van der Waals surface area contributed by atoms with Gasteiger partial charge in [0.15, 0.2) is 11.7 Å². The Labute approximate surface area is 128 Å². The Morgan fingerprint density at radius 3 is 1.86 bits per heavy atom. The third-order valence-corrected chi connectivity index (χ3v) is 3.33. The van der Waals surface area contributed by atoms with Gasteiger partial charge in [-0.25, -0.2) is 13.2 Å². The van der Waals surface area contributed by atoms with E-state index < -0.39 is 17.5 Å². The first kappa shape index (κ1) is 16.1.